The molecule has 1 fully saturated rings. The minimum atomic E-state index is -0.314. The van der Waals surface area contributed by atoms with Gasteiger partial charge in [-0.25, -0.2) is 4.98 Å². The molecule has 0 aliphatic carbocycles. The highest BCUT2D eigenvalue weighted by Gasteiger charge is 2.34. The van der Waals surface area contributed by atoms with E-state index in [0.29, 0.717) is 18.2 Å². The molecule has 2 aromatic rings. The van der Waals surface area contributed by atoms with Crippen molar-refractivity contribution >= 4 is 28.3 Å². The molecule has 2 aliphatic heterocycles. The van der Waals surface area contributed by atoms with E-state index in [-0.39, 0.29) is 24.2 Å². The fourth-order valence-corrected chi connectivity index (χ4v) is 4.85. The van der Waals surface area contributed by atoms with Crippen LogP contribution in [0, 0.1) is 12.8 Å². The number of likely N-dealkylation sites (tertiary alicyclic amines) is 1. The van der Waals surface area contributed by atoms with Gasteiger partial charge in [-0.3, -0.25) is 14.5 Å². The van der Waals surface area contributed by atoms with Crippen LogP contribution in [0.5, 0.6) is 0 Å². The lowest BCUT2D eigenvalue weighted by atomic mass is 10.1. The van der Waals surface area contributed by atoms with E-state index < -0.39 is 0 Å². The number of hydrogen-bond acceptors (Lipinski definition) is 5. The molecular weight excluding hydrogens is 372 g/mol. The highest BCUT2D eigenvalue weighted by molar-refractivity contribution is 7.15. The number of nitrogens with zero attached hydrogens (tertiary/aromatic N) is 3. The quantitative estimate of drug-likeness (QED) is 0.841. The standard InChI is InChI=1S/C21H26N4O2S/c1-3-24-9-8-17-18(13-24)28-21(22-17)23-20(27)16-10-19(26)25(12-16)11-15-6-4-14(2)5-7-15/h4-7,16H,3,8-13H2,1-2H3,(H,22,23,27). The maximum Gasteiger partial charge on any atom is 0.231 e. The van der Waals surface area contributed by atoms with Crippen LogP contribution < -0.4 is 5.32 Å². The van der Waals surface area contributed by atoms with Gasteiger partial charge >= 0.3 is 0 Å². The molecule has 3 heterocycles. The molecule has 1 aromatic carbocycles. The molecule has 1 atom stereocenters. The van der Waals surface area contributed by atoms with Gasteiger partial charge in [-0.2, -0.15) is 0 Å². The summed E-state index contributed by atoms with van der Waals surface area (Å²) in [5, 5.41) is 3.62. The first-order valence-corrected chi connectivity index (χ1v) is 10.7. The summed E-state index contributed by atoms with van der Waals surface area (Å²) in [6.45, 7) is 8.18. The van der Waals surface area contributed by atoms with E-state index in [1.54, 1.807) is 16.2 Å². The molecule has 0 radical (unpaired) electrons. The van der Waals surface area contributed by atoms with E-state index in [0.717, 1.165) is 37.3 Å². The number of amides is 2. The van der Waals surface area contributed by atoms with Crippen LogP contribution in [0.2, 0.25) is 0 Å². The highest BCUT2D eigenvalue weighted by Crippen LogP contribution is 2.29. The zero-order chi connectivity index (χ0) is 19.7. The molecule has 28 heavy (non-hydrogen) atoms. The number of anilines is 1. The largest absolute Gasteiger partial charge is 0.338 e. The molecule has 0 bridgehead atoms. The Labute approximate surface area is 169 Å². The second kappa shape index (κ2) is 8.01. The Hall–Kier alpha value is -2.25. The zero-order valence-electron chi connectivity index (χ0n) is 16.4. The van der Waals surface area contributed by atoms with E-state index in [2.05, 4.69) is 22.1 Å². The molecule has 0 spiro atoms. The van der Waals surface area contributed by atoms with Crippen LogP contribution in [0.15, 0.2) is 24.3 Å². The van der Waals surface area contributed by atoms with Gasteiger partial charge in [-0.05, 0) is 19.0 Å². The van der Waals surface area contributed by atoms with Gasteiger partial charge in [0.1, 0.15) is 0 Å². The Morgan fingerprint density at radius 3 is 2.86 bits per heavy atom. The number of carbonyl (C=O) groups excluding carboxylic acids is 2. The third-order valence-electron chi connectivity index (χ3n) is 5.57. The average molecular weight is 399 g/mol. The van der Waals surface area contributed by atoms with Crippen molar-refractivity contribution in [2.24, 2.45) is 5.92 Å². The Balaban J connectivity index is 1.36. The van der Waals surface area contributed by atoms with Crippen molar-refractivity contribution in [3.63, 3.8) is 0 Å². The van der Waals surface area contributed by atoms with Crippen molar-refractivity contribution in [2.45, 2.75) is 39.8 Å². The van der Waals surface area contributed by atoms with Gasteiger partial charge < -0.3 is 10.2 Å². The number of aromatic nitrogens is 1. The van der Waals surface area contributed by atoms with Crippen LogP contribution in [-0.2, 0) is 29.1 Å². The van der Waals surface area contributed by atoms with E-state index in [4.69, 9.17) is 0 Å². The number of thiazole rings is 1. The van der Waals surface area contributed by atoms with E-state index in [1.165, 1.54) is 10.4 Å². The first-order valence-electron chi connectivity index (χ1n) is 9.87. The van der Waals surface area contributed by atoms with Gasteiger partial charge in [0.25, 0.3) is 0 Å². The highest BCUT2D eigenvalue weighted by atomic mass is 32.1. The summed E-state index contributed by atoms with van der Waals surface area (Å²) in [5.74, 6) is -0.373. The fraction of sp³-hybridized carbons (Fsp3) is 0.476. The van der Waals surface area contributed by atoms with Gasteiger partial charge in [-0.1, -0.05) is 36.8 Å². The lowest BCUT2D eigenvalue weighted by Crippen LogP contribution is -2.29. The third-order valence-corrected chi connectivity index (χ3v) is 6.56. The van der Waals surface area contributed by atoms with Crippen LogP contribution >= 0.6 is 11.3 Å². The van der Waals surface area contributed by atoms with Crippen molar-refractivity contribution < 1.29 is 9.59 Å². The second-order valence-corrected chi connectivity index (χ2v) is 8.74. The van der Waals surface area contributed by atoms with E-state index >= 15 is 0 Å². The van der Waals surface area contributed by atoms with Gasteiger partial charge in [-0.15, -0.1) is 11.3 Å². The molecule has 2 amide bonds. The van der Waals surface area contributed by atoms with Crippen molar-refractivity contribution in [3.8, 4) is 0 Å². The summed E-state index contributed by atoms with van der Waals surface area (Å²) < 4.78 is 0. The Kier molecular flexibility index (Phi) is 5.46. The molecule has 2 aliphatic rings. The fourth-order valence-electron chi connectivity index (χ4n) is 3.79. The van der Waals surface area contributed by atoms with Crippen molar-refractivity contribution in [2.75, 3.05) is 25.0 Å². The number of nitrogens with one attached hydrogen (secondary N) is 1. The summed E-state index contributed by atoms with van der Waals surface area (Å²) >= 11 is 1.56. The molecular formula is C21H26N4O2S. The van der Waals surface area contributed by atoms with Gasteiger partial charge in [0, 0.05) is 43.9 Å². The predicted octanol–water partition coefficient (Wildman–Crippen LogP) is 2.82. The average Bonchev–Trinajstić information content (AvgIpc) is 3.25. The number of benzene rings is 1. The monoisotopic (exact) mass is 398 g/mol. The number of carbonyl (C=O) groups is 2. The Morgan fingerprint density at radius 2 is 2.11 bits per heavy atom. The summed E-state index contributed by atoms with van der Waals surface area (Å²) in [4.78, 5) is 35.1. The third kappa shape index (κ3) is 4.10. The Bertz CT molecular complexity index is 877. The maximum atomic E-state index is 12.7. The van der Waals surface area contributed by atoms with Crippen molar-refractivity contribution in [1.82, 2.24) is 14.8 Å². The molecule has 1 N–H and O–H groups in total. The summed E-state index contributed by atoms with van der Waals surface area (Å²) in [6, 6.07) is 8.17. The first-order chi connectivity index (χ1) is 13.5. The second-order valence-electron chi connectivity index (χ2n) is 7.66. The van der Waals surface area contributed by atoms with Crippen LogP contribution in [-0.4, -0.2) is 46.2 Å². The Morgan fingerprint density at radius 1 is 1.32 bits per heavy atom. The molecule has 6 nitrogen and oxygen atoms in total. The van der Waals surface area contributed by atoms with Gasteiger partial charge in [0.2, 0.25) is 11.8 Å². The van der Waals surface area contributed by atoms with Crippen LogP contribution in [0.1, 0.15) is 35.0 Å². The normalized spacial score (nSPS) is 19.7. The van der Waals surface area contributed by atoms with Crippen molar-refractivity contribution in [1.29, 1.82) is 0 Å². The molecule has 1 saturated heterocycles. The van der Waals surface area contributed by atoms with E-state index in [9.17, 15) is 9.59 Å². The smallest absolute Gasteiger partial charge is 0.231 e. The lowest BCUT2D eigenvalue weighted by Gasteiger charge is -2.23. The number of hydrogen-bond donors (Lipinski definition) is 1. The topological polar surface area (TPSA) is 65.5 Å². The van der Waals surface area contributed by atoms with Gasteiger partial charge in [0.15, 0.2) is 5.13 Å². The van der Waals surface area contributed by atoms with Crippen LogP contribution in [0.25, 0.3) is 0 Å². The maximum absolute atomic E-state index is 12.7. The molecule has 148 valence electrons. The summed E-state index contributed by atoms with van der Waals surface area (Å²) in [7, 11) is 0. The van der Waals surface area contributed by atoms with Gasteiger partial charge in [0.05, 0.1) is 11.6 Å². The molecule has 0 saturated carbocycles. The number of fused-ring (bicyclic) bond motifs is 1. The molecule has 7 heteroatoms. The van der Waals surface area contributed by atoms with Crippen LogP contribution in [0.3, 0.4) is 0 Å². The zero-order valence-corrected chi connectivity index (χ0v) is 17.2. The van der Waals surface area contributed by atoms with E-state index in [1.807, 2.05) is 31.2 Å². The minimum Gasteiger partial charge on any atom is -0.338 e. The number of aryl methyl sites for hydroxylation is 1. The first kappa shape index (κ1) is 19.1. The minimum absolute atomic E-state index is 0.0396. The van der Waals surface area contributed by atoms with Crippen molar-refractivity contribution in [3.05, 3.63) is 46.0 Å². The lowest BCUT2D eigenvalue weighted by molar-refractivity contribution is -0.128. The molecule has 1 aromatic heterocycles. The molecule has 1 unspecified atom stereocenters. The van der Waals surface area contributed by atoms with Crippen LogP contribution in [0.4, 0.5) is 5.13 Å². The summed E-state index contributed by atoms with van der Waals surface area (Å²) in [6.07, 6.45) is 1.20. The number of likely N-dealkylation sites (N-methyl/N-ethyl adjacent to an activating group) is 1. The number of rotatable bonds is 5. The predicted molar refractivity (Wildman–Crippen MR) is 110 cm³/mol. The summed E-state index contributed by atoms with van der Waals surface area (Å²) in [5.41, 5.74) is 3.39. The molecule has 4 rings (SSSR count). The SMILES string of the molecule is CCN1CCc2nc(NC(=O)C3CC(=O)N(Cc4ccc(C)cc4)C3)sc2C1.